The Morgan fingerprint density at radius 1 is 1.04 bits per heavy atom. The summed E-state index contributed by atoms with van der Waals surface area (Å²) in [6.07, 6.45) is -0.470. The number of carboxylic acids is 1. The summed E-state index contributed by atoms with van der Waals surface area (Å²) >= 11 is 0. The van der Waals surface area contributed by atoms with Gasteiger partial charge >= 0.3 is 5.97 Å². The first kappa shape index (κ1) is 19.4. The van der Waals surface area contributed by atoms with Gasteiger partial charge in [0.2, 0.25) is 0 Å². The van der Waals surface area contributed by atoms with Gasteiger partial charge in [-0.15, -0.1) is 0 Å². The van der Waals surface area contributed by atoms with Crippen LogP contribution in [0.5, 0.6) is 11.5 Å². The molecule has 2 rings (SSSR count). The van der Waals surface area contributed by atoms with Crippen molar-refractivity contribution in [1.29, 1.82) is 0 Å². The van der Waals surface area contributed by atoms with Crippen LogP contribution in [0.25, 0.3) is 0 Å². The second kappa shape index (κ2) is 7.15. The van der Waals surface area contributed by atoms with E-state index >= 15 is 0 Å². The molecule has 0 amide bonds. The maximum absolute atomic E-state index is 11.3. The average molecular weight is 396 g/mol. The zero-order valence-electron chi connectivity index (χ0n) is 13.2. The number of rotatable bonds is 7. The number of fused-ring (bicyclic) bond motifs is 1. The molecule has 0 fully saturated rings. The van der Waals surface area contributed by atoms with E-state index in [9.17, 15) is 26.7 Å². The summed E-state index contributed by atoms with van der Waals surface area (Å²) in [5.41, 5.74) is -0.190. The van der Waals surface area contributed by atoms with Gasteiger partial charge in [0.15, 0.2) is 23.7 Å². The number of hydrogen-bond acceptors (Lipinski definition) is 9. The summed E-state index contributed by atoms with van der Waals surface area (Å²) in [6, 6.07) is 4.14. The number of para-hydroxylation sites is 1. The van der Waals surface area contributed by atoms with E-state index in [2.05, 4.69) is 8.37 Å². The van der Waals surface area contributed by atoms with E-state index in [1.165, 1.54) is 18.2 Å². The van der Waals surface area contributed by atoms with Crippen molar-refractivity contribution in [3.05, 3.63) is 23.8 Å². The quantitative estimate of drug-likeness (QED) is 0.618. The van der Waals surface area contributed by atoms with Gasteiger partial charge < -0.3 is 14.6 Å². The molecule has 0 aliphatic carbocycles. The molecule has 2 atom stereocenters. The fraction of sp³-hybridized carbons (Fsp3) is 0.462. The van der Waals surface area contributed by atoms with Crippen molar-refractivity contribution in [3.63, 3.8) is 0 Å². The lowest BCUT2D eigenvalue weighted by Gasteiger charge is -2.33. The zero-order chi connectivity index (χ0) is 18.8. The molecular formula is C13H16O10S2. The van der Waals surface area contributed by atoms with E-state index in [1.54, 1.807) is 0 Å². The van der Waals surface area contributed by atoms with Gasteiger partial charge in [-0.3, -0.25) is 8.37 Å². The van der Waals surface area contributed by atoms with Gasteiger partial charge in [0.25, 0.3) is 20.2 Å². The smallest absolute Gasteiger partial charge is 0.339 e. The number of aromatic carboxylic acids is 1. The fourth-order valence-electron chi connectivity index (χ4n) is 2.03. The molecule has 0 saturated heterocycles. The van der Waals surface area contributed by atoms with E-state index in [0.29, 0.717) is 0 Å². The van der Waals surface area contributed by atoms with Crippen LogP contribution in [0, 0.1) is 0 Å². The van der Waals surface area contributed by atoms with Crippen LogP contribution in [0.2, 0.25) is 0 Å². The molecule has 1 aromatic carbocycles. The van der Waals surface area contributed by atoms with Crippen molar-refractivity contribution < 1.29 is 44.6 Å². The third-order valence-electron chi connectivity index (χ3n) is 3.06. The Morgan fingerprint density at radius 3 is 2.04 bits per heavy atom. The van der Waals surface area contributed by atoms with E-state index in [-0.39, 0.29) is 17.1 Å². The highest BCUT2D eigenvalue weighted by molar-refractivity contribution is 7.86. The molecule has 1 aliphatic heterocycles. The third kappa shape index (κ3) is 5.56. The molecule has 0 bridgehead atoms. The van der Waals surface area contributed by atoms with Gasteiger partial charge in [-0.1, -0.05) is 6.07 Å². The molecular weight excluding hydrogens is 380 g/mol. The Balaban J connectivity index is 2.30. The Morgan fingerprint density at radius 2 is 1.56 bits per heavy atom. The first-order valence-corrected chi connectivity index (χ1v) is 10.5. The molecule has 10 nitrogen and oxygen atoms in total. The third-order valence-corrected chi connectivity index (χ3v) is 4.19. The predicted octanol–water partition coefficient (Wildman–Crippen LogP) is -0.154. The van der Waals surface area contributed by atoms with Crippen LogP contribution >= 0.6 is 0 Å². The first-order chi connectivity index (χ1) is 11.5. The van der Waals surface area contributed by atoms with Crippen LogP contribution in [0.15, 0.2) is 18.2 Å². The van der Waals surface area contributed by atoms with E-state index in [0.717, 1.165) is 12.5 Å². The minimum atomic E-state index is -3.81. The average Bonchev–Trinajstić information content (AvgIpc) is 2.48. The lowest BCUT2D eigenvalue weighted by atomic mass is 10.1. The Labute approximate surface area is 144 Å². The normalized spacial score (nSPS) is 20.2. The van der Waals surface area contributed by atoms with Crippen LogP contribution in [0.4, 0.5) is 0 Å². The Bertz CT molecular complexity index is 859. The summed E-state index contributed by atoms with van der Waals surface area (Å²) in [7, 11) is -7.58. The van der Waals surface area contributed by atoms with E-state index in [1.807, 2.05) is 0 Å². The van der Waals surface area contributed by atoms with E-state index < -0.39 is 51.6 Å². The highest BCUT2D eigenvalue weighted by Gasteiger charge is 2.36. The van der Waals surface area contributed by atoms with Crippen LogP contribution in [-0.2, 0) is 28.6 Å². The summed E-state index contributed by atoms with van der Waals surface area (Å²) in [5, 5.41) is 9.20. The molecule has 0 unspecified atom stereocenters. The Kier molecular flexibility index (Phi) is 5.56. The van der Waals surface area contributed by atoms with Crippen molar-refractivity contribution in [2.75, 3.05) is 25.7 Å². The summed E-state index contributed by atoms with van der Waals surface area (Å²) in [4.78, 5) is 11.3. The van der Waals surface area contributed by atoms with Crippen LogP contribution < -0.4 is 9.47 Å². The maximum atomic E-state index is 11.3. The topological polar surface area (TPSA) is 143 Å². The molecule has 0 spiro atoms. The summed E-state index contributed by atoms with van der Waals surface area (Å²) in [6.45, 7) is -0.975. The van der Waals surface area contributed by atoms with Gasteiger partial charge in [-0.2, -0.15) is 16.8 Å². The lowest BCUT2D eigenvalue weighted by molar-refractivity contribution is -0.0239. The number of carbonyl (C=O) groups is 1. The summed E-state index contributed by atoms with van der Waals surface area (Å²) < 4.78 is 65.1. The molecule has 1 N–H and O–H groups in total. The first-order valence-electron chi connectivity index (χ1n) is 6.85. The highest BCUT2D eigenvalue weighted by atomic mass is 32.2. The number of carboxylic acid groups (broad SMARTS) is 1. The Hall–Kier alpha value is -1.89. The molecule has 25 heavy (non-hydrogen) atoms. The minimum Gasteiger partial charge on any atom is -0.480 e. The van der Waals surface area contributed by atoms with Crippen molar-refractivity contribution >= 4 is 26.2 Å². The van der Waals surface area contributed by atoms with Gasteiger partial charge in [0.05, 0.1) is 12.5 Å². The van der Waals surface area contributed by atoms with Crippen molar-refractivity contribution in [2.45, 2.75) is 12.2 Å². The molecule has 0 saturated carbocycles. The zero-order valence-corrected chi connectivity index (χ0v) is 14.9. The second-order valence-corrected chi connectivity index (χ2v) is 8.52. The molecule has 1 aromatic rings. The molecule has 0 aromatic heterocycles. The van der Waals surface area contributed by atoms with Crippen LogP contribution in [-0.4, -0.2) is 65.8 Å². The van der Waals surface area contributed by atoms with E-state index in [4.69, 9.17) is 9.47 Å². The fourth-order valence-corrected chi connectivity index (χ4v) is 2.79. The number of hydrogen-bond donors (Lipinski definition) is 1. The van der Waals surface area contributed by atoms with Crippen LogP contribution in [0.3, 0.4) is 0 Å². The molecule has 140 valence electrons. The largest absolute Gasteiger partial charge is 0.480 e. The standard InChI is InChI=1S/C13H16O10S2/c1-24(16,17)20-6-10-11(7-21-25(2,18)19)23-12-8(13(14)15)4-3-5-9(12)22-10/h3-5,10-11H,6-7H2,1-2H3,(H,14,15)/t10-,11-/m1/s1. The predicted molar refractivity (Wildman–Crippen MR) is 83.8 cm³/mol. The lowest BCUT2D eigenvalue weighted by Crippen LogP contribution is -2.46. The SMILES string of the molecule is CS(=O)(=O)OC[C@H]1Oc2cccc(C(=O)O)c2O[C@@H]1COS(C)(=O)=O. The minimum absolute atomic E-state index is 0.0672. The summed E-state index contributed by atoms with van der Waals surface area (Å²) in [5.74, 6) is -1.31. The van der Waals surface area contributed by atoms with Gasteiger partial charge in [-0.25, -0.2) is 4.79 Å². The van der Waals surface area contributed by atoms with Crippen molar-refractivity contribution in [1.82, 2.24) is 0 Å². The van der Waals surface area contributed by atoms with Crippen molar-refractivity contribution in [2.24, 2.45) is 0 Å². The number of ether oxygens (including phenoxy) is 2. The van der Waals surface area contributed by atoms with Gasteiger partial charge in [0.1, 0.15) is 18.8 Å². The maximum Gasteiger partial charge on any atom is 0.339 e. The molecule has 1 aliphatic rings. The van der Waals surface area contributed by atoms with Gasteiger partial charge in [-0.05, 0) is 12.1 Å². The molecule has 1 heterocycles. The van der Waals surface area contributed by atoms with Crippen molar-refractivity contribution in [3.8, 4) is 11.5 Å². The highest BCUT2D eigenvalue weighted by Crippen LogP contribution is 2.37. The van der Waals surface area contributed by atoms with Gasteiger partial charge in [0, 0.05) is 0 Å². The van der Waals surface area contributed by atoms with Crippen LogP contribution in [0.1, 0.15) is 10.4 Å². The number of benzene rings is 1. The second-order valence-electron chi connectivity index (χ2n) is 5.23. The monoisotopic (exact) mass is 396 g/mol. The molecule has 12 heteroatoms. The molecule has 0 radical (unpaired) electrons.